The van der Waals surface area contributed by atoms with Crippen molar-refractivity contribution in [1.29, 1.82) is 0 Å². The minimum atomic E-state index is -0.242. The lowest BCUT2D eigenvalue weighted by Gasteiger charge is -2.50. The van der Waals surface area contributed by atoms with Gasteiger partial charge in [0.15, 0.2) is 0 Å². The van der Waals surface area contributed by atoms with Gasteiger partial charge in [-0.15, -0.1) is 18.2 Å². The van der Waals surface area contributed by atoms with Gasteiger partial charge in [-0.1, -0.05) is 32.1 Å². The summed E-state index contributed by atoms with van der Waals surface area (Å²) in [5.41, 5.74) is 6.39. The van der Waals surface area contributed by atoms with Gasteiger partial charge in [-0.05, 0) is 41.9 Å². The molecule has 1 heterocycles. The number of aromatic amines is 1. The smallest absolute Gasteiger partial charge is 0.0485 e. The number of H-pyrrole nitrogens is 1. The van der Waals surface area contributed by atoms with Crippen molar-refractivity contribution in [2.45, 2.75) is 38.0 Å². The predicted molar refractivity (Wildman–Crippen MR) is 103 cm³/mol. The van der Waals surface area contributed by atoms with Crippen molar-refractivity contribution in [2.75, 3.05) is 7.05 Å². The molecular formula is C21H25ClN2. The molecule has 2 aliphatic rings. The van der Waals surface area contributed by atoms with E-state index >= 15 is 0 Å². The Morgan fingerprint density at radius 2 is 2.08 bits per heavy atom. The molecule has 0 saturated heterocycles. The van der Waals surface area contributed by atoms with E-state index in [1.807, 2.05) is 13.1 Å². The fraction of sp³-hybridized carbons (Fsp3) is 0.429. The molecule has 0 fully saturated rings. The topological polar surface area (TPSA) is 27.8 Å². The van der Waals surface area contributed by atoms with Gasteiger partial charge < -0.3 is 10.3 Å². The highest BCUT2D eigenvalue weighted by molar-refractivity contribution is 6.22. The largest absolute Gasteiger partial charge is 0.390 e. The Bertz CT molecular complexity index is 873. The van der Waals surface area contributed by atoms with Crippen molar-refractivity contribution < 1.29 is 0 Å². The second-order valence-electron chi connectivity index (χ2n) is 7.93. The molecule has 2 aliphatic carbocycles. The fourth-order valence-electron chi connectivity index (χ4n) is 4.92. The molecule has 2 N–H and O–H groups in total. The summed E-state index contributed by atoms with van der Waals surface area (Å²) in [5, 5.41) is 4.88. The van der Waals surface area contributed by atoms with E-state index in [9.17, 15) is 0 Å². The van der Waals surface area contributed by atoms with Crippen molar-refractivity contribution in [3.05, 3.63) is 53.9 Å². The van der Waals surface area contributed by atoms with Crippen molar-refractivity contribution in [3.8, 4) is 0 Å². The monoisotopic (exact) mass is 340 g/mol. The molecule has 1 aromatic heterocycles. The molecule has 126 valence electrons. The maximum atomic E-state index is 6.90. The number of benzene rings is 1. The molecule has 24 heavy (non-hydrogen) atoms. The first kappa shape index (κ1) is 15.8. The van der Waals surface area contributed by atoms with Crippen LogP contribution in [0, 0.1) is 11.3 Å². The molecular weight excluding hydrogens is 316 g/mol. The Morgan fingerprint density at radius 3 is 2.75 bits per heavy atom. The van der Waals surface area contributed by atoms with Gasteiger partial charge in [0.25, 0.3) is 0 Å². The summed E-state index contributed by atoms with van der Waals surface area (Å²) < 4.78 is 0. The number of nitrogens with one attached hydrogen (secondary N) is 2. The van der Waals surface area contributed by atoms with Crippen molar-refractivity contribution >= 4 is 28.1 Å². The normalized spacial score (nSPS) is 31.0. The maximum Gasteiger partial charge on any atom is 0.0485 e. The van der Waals surface area contributed by atoms with E-state index in [0.29, 0.717) is 5.92 Å². The van der Waals surface area contributed by atoms with Gasteiger partial charge in [0.05, 0.1) is 0 Å². The number of halogens is 1. The number of alkyl halides is 1. The Kier molecular flexibility index (Phi) is 3.25. The Labute approximate surface area is 149 Å². The molecule has 0 amide bonds. The van der Waals surface area contributed by atoms with Gasteiger partial charge in [-0.3, -0.25) is 0 Å². The van der Waals surface area contributed by atoms with Crippen LogP contribution in [-0.2, 0) is 5.41 Å². The summed E-state index contributed by atoms with van der Waals surface area (Å²) in [5.74, 6) is 0.393. The lowest BCUT2D eigenvalue weighted by molar-refractivity contribution is 0.296. The van der Waals surface area contributed by atoms with Crippen LogP contribution in [0.4, 0.5) is 0 Å². The zero-order valence-electron chi connectivity index (χ0n) is 14.8. The average molecular weight is 341 g/mol. The molecule has 0 aliphatic heterocycles. The molecule has 3 unspecified atom stereocenters. The first-order valence-electron chi connectivity index (χ1n) is 8.67. The van der Waals surface area contributed by atoms with Gasteiger partial charge in [-0.2, -0.15) is 0 Å². The first-order valence-corrected chi connectivity index (χ1v) is 9.11. The third-order valence-corrected chi connectivity index (χ3v) is 7.12. The van der Waals surface area contributed by atoms with Crippen LogP contribution in [-0.4, -0.2) is 17.4 Å². The highest BCUT2D eigenvalue weighted by Gasteiger charge is 2.50. The van der Waals surface area contributed by atoms with Crippen LogP contribution in [0.1, 0.15) is 38.3 Å². The highest BCUT2D eigenvalue weighted by atomic mass is 35.5. The van der Waals surface area contributed by atoms with Crippen LogP contribution in [0.3, 0.4) is 0 Å². The Balaban J connectivity index is 2.15. The summed E-state index contributed by atoms with van der Waals surface area (Å²) in [6.45, 7) is 11.0. The van der Waals surface area contributed by atoms with E-state index in [4.69, 9.17) is 11.6 Å². The van der Waals surface area contributed by atoms with Crippen LogP contribution in [0.2, 0.25) is 0 Å². The minimum absolute atomic E-state index is 0.0326. The van der Waals surface area contributed by atoms with Crippen molar-refractivity contribution in [2.24, 2.45) is 11.3 Å². The SMILES string of the molecule is C=CC1(C)C(NC)=C2c3c[nH]c4cccc(c34)C(C)(C)C2CC1Cl. The summed E-state index contributed by atoms with van der Waals surface area (Å²) >= 11 is 6.90. The molecule has 0 saturated carbocycles. The standard InChI is InChI=1S/C21H25ClN2/c1-6-21(4)16(22)10-14-18(19(21)23-5)12-11-24-15-9-7-8-13(17(12)15)20(14,2)3/h6-9,11,14,16,23-24H,1,10H2,2-5H3. The van der Waals surface area contributed by atoms with Crippen LogP contribution in [0.5, 0.6) is 0 Å². The van der Waals surface area contributed by atoms with E-state index in [-0.39, 0.29) is 16.2 Å². The summed E-state index contributed by atoms with van der Waals surface area (Å²) in [6, 6.07) is 6.60. The van der Waals surface area contributed by atoms with Crippen LogP contribution >= 0.6 is 11.6 Å². The lowest BCUT2D eigenvalue weighted by Crippen LogP contribution is -2.46. The number of fused-ring (bicyclic) bond motifs is 2. The molecule has 0 bridgehead atoms. The quantitative estimate of drug-likeness (QED) is 0.570. The summed E-state index contributed by atoms with van der Waals surface area (Å²) in [4.78, 5) is 3.47. The number of allylic oxidation sites excluding steroid dienone is 2. The third-order valence-electron chi connectivity index (χ3n) is 6.49. The molecule has 3 heteroatoms. The van der Waals surface area contributed by atoms with Crippen molar-refractivity contribution in [1.82, 2.24) is 10.3 Å². The minimum Gasteiger partial charge on any atom is -0.390 e. The van der Waals surface area contributed by atoms with E-state index in [1.165, 1.54) is 33.3 Å². The molecule has 2 nitrogen and oxygen atoms in total. The average Bonchev–Trinajstić information content (AvgIpc) is 2.99. The van der Waals surface area contributed by atoms with Crippen LogP contribution in [0.25, 0.3) is 16.5 Å². The van der Waals surface area contributed by atoms with E-state index < -0.39 is 0 Å². The van der Waals surface area contributed by atoms with Gasteiger partial charge >= 0.3 is 0 Å². The van der Waals surface area contributed by atoms with Gasteiger partial charge in [0.2, 0.25) is 0 Å². The van der Waals surface area contributed by atoms with E-state index in [1.54, 1.807) is 0 Å². The molecule has 4 rings (SSSR count). The molecule has 1 aromatic carbocycles. The second-order valence-corrected chi connectivity index (χ2v) is 8.46. The second kappa shape index (κ2) is 4.92. The molecule has 0 radical (unpaired) electrons. The number of hydrogen-bond donors (Lipinski definition) is 2. The van der Waals surface area contributed by atoms with Gasteiger partial charge in [-0.25, -0.2) is 0 Å². The van der Waals surface area contributed by atoms with Crippen molar-refractivity contribution in [3.63, 3.8) is 0 Å². The third kappa shape index (κ3) is 1.73. The zero-order valence-corrected chi connectivity index (χ0v) is 15.6. The summed E-state index contributed by atoms with van der Waals surface area (Å²) in [6.07, 6.45) is 5.14. The maximum absolute atomic E-state index is 6.90. The number of rotatable bonds is 2. The van der Waals surface area contributed by atoms with E-state index in [2.05, 4.69) is 62.0 Å². The van der Waals surface area contributed by atoms with Gasteiger partial charge in [0, 0.05) is 46.2 Å². The summed E-state index contributed by atoms with van der Waals surface area (Å²) in [7, 11) is 2.01. The first-order chi connectivity index (χ1) is 11.4. The predicted octanol–water partition coefficient (Wildman–Crippen LogP) is 5.21. The lowest BCUT2D eigenvalue weighted by atomic mass is 9.56. The van der Waals surface area contributed by atoms with Gasteiger partial charge in [0.1, 0.15) is 0 Å². The Hall–Kier alpha value is -1.67. The molecule has 2 aromatic rings. The number of aromatic nitrogens is 1. The molecule has 3 atom stereocenters. The number of hydrogen-bond acceptors (Lipinski definition) is 1. The zero-order chi connectivity index (χ0) is 17.3. The fourth-order valence-corrected chi connectivity index (χ4v) is 5.30. The van der Waals surface area contributed by atoms with E-state index in [0.717, 1.165) is 6.42 Å². The molecule has 0 spiro atoms. The highest BCUT2D eigenvalue weighted by Crippen LogP contribution is 2.58. The Morgan fingerprint density at radius 1 is 1.33 bits per heavy atom. The van der Waals surface area contributed by atoms with Crippen LogP contribution < -0.4 is 5.32 Å². The van der Waals surface area contributed by atoms with Crippen LogP contribution in [0.15, 0.2) is 42.7 Å².